The maximum atomic E-state index is 11.9. The van der Waals surface area contributed by atoms with Crippen LogP contribution in [0.2, 0.25) is 5.02 Å². The third kappa shape index (κ3) is 2.27. The lowest BCUT2D eigenvalue weighted by Crippen LogP contribution is -2.57. The predicted octanol–water partition coefficient (Wildman–Crippen LogP) is 2.83. The normalized spacial score (nSPS) is 29.9. The molecule has 2 aliphatic rings. The number of rotatable bonds is 3. The molecule has 2 heterocycles. The van der Waals surface area contributed by atoms with Crippen molar-refractivity contribution in [3.63, 3.8) is 0 Å². The van der Waals surface area contributed by atoms with E-state index in [0.717, 1.165) is 31.6 Å². The molecule has 20 heavy (non-hydrogen) atoms. The van der Waals surface area contributed by atoms with E-state index in [1.54, 1.807) is 12.1 Å². The van der Waals surface area contributed by atoms with Gasteiger partial charge in [-0.15, -0.1) is 0 Å². The van der Waals surface area contributed by atoms with Crippen molar-refractivity contribution in [2.75, 3.05) is 18.4 Å². The van der Waals surface area contributed by atoms with Gasteiger partial charge in [-0.25, -0.2) is 4.79 Å². The zero-order valence-electron chi connectivity index (χ0n) is 11.3. The van der Waals surface area contributed by atoms with Crippen LogP contribution in [0.25, 0.3) is 0 Å². The van der Waals surface area contributed by atoms with Crippen LogP contribution in [-0.4, -0.2) is 40.6 Å². The number of piperidine rings is 1. The summed E-state index contributed by atoms with van der Waals surface area (Å²) in [6.07, 6.45) is 3.88. The molecule has 2 aliphatic heterocycles. The van der Waals surface area contributed by atoms with E-state index >= 15 is 0 Å². The van der Waals surface area contributed by atoms with Crippen LogP contribution in [0, 0.1) is 0 Å². The summed E-state index contributed by atoms with van der Waals surface area (Å²) in [5, 5.41) is 13.7. The number of nitrogens with one attached hydrogen (secondary N) is 1. The van der Waals surface area contributed by atoms with Gasteiger partial charge in [-0.3, -0.25) is 4.90 Å². The van der Waals surface area contributed by atoms with Crippen LogP contribution in [0.15, 0.2) is 24.3 Å². The Morgan fingerprint density at radius 3 is 2.75 bits per heavy atom. The molecule has 5 heteroatoms. The molecule has 0 bridgehead atoms. The minimum Gasteiger partial charge on any atom is -0.479 e. The van der Waals surface area contributed by atoms with Crippen molar-refractivity contribution in [2.45, 2.75) is 37.3 Å². The number of benzene rings is 1. The average Bonchev–Trinajstić information content (AvgIpc) is 2.82. The zero-order chi connectivity index (χ0) is 14.2. The van der Waals surface area contributed by atoms with E-state index in [1.807, 2.05) is 12.1 Å². The largest absolute Gasteiger partial charge is 0.479 e. The van der Waals surface area contributed by atoms with Gasteiger partial charge in [0, 0.05) is 23.3 Å². The van der Waals surface area contributed by atoms with Crippen molar-refractivity contribution in [2.24, 2.45) is 0 Å². The van der Waals surface area contributed by atoms with E-state index in [0.29, 0.717) is 11.4 Å². The van der Waals surface area contributed by atoms with E-state index in [2.05, 4.69) is 10.2 Å². The van der Waals surface area contributed by atoms with Gasteiger partial charge in [-0.2, -0.15) is 0 Å². The first-order valence-electron chi connectivity index (χ1n) is 7.13. The number of carboxylic acids is 1. The minimum atomic E-state index is -0.867. The number of anilines is 1. The Morgan fingerprint density at radius 1 is 1.30 bits per heavy atom. The molecule has 2 atom stereocenters. The molecule has 0 radical (unpaired) electrons. The van der Waals surface area contributed by atoms with Crippen LogP contribution < -0.4 is 5.32 Å². The summed E-state index contributed by atoms with van der Waals surface area (Å²) in [4.78, 5) is 14.3. The number of fused-ring (bicyclic) bond motifs is 1. The highest BCUT2D eigenvalue weighted by Gasteiger charge is 2.53. The van der Waals surface area contributed by atoms with Gasteiger partial charge < -0.3 is 10.4 Å². The Kier molecular flexibility index (Phi) is 3.61. The molecule has 2 N–H and O–H groups in total. The summed E-state index contributed by atoms with van der Waals surface area (Å²) in [6, 6.07) is 7.35. The maximum Gasteiger partial charge on any atom is 0.331 e. The van der Waals surface area contributed by atoms with Gasteiger partial charge in [-0.05, 0) is 50.1 Å². The smallest absolute Gasteiger partial charge is 0.331 e. The van der Waals surface area contributed by atoms with E-state index in [1.165, 1.54) is 6.42 Å². The molecule has 3 rings (SSSR count). The van der Waals surface area contributed by atoms with Crippen molar-refractivity contribution < 1.29 is 9.90 Å². The van der Waals surface area contributed by atoms with Gasteiger partial charge in [0.1, 0.15) is 0 Å². The van der Waals surface area contributed by atoms with E-state index in [9.17, 15) is 9.90 Å². The first-order chi connectivity index (χ1) is 9.62. The quantitative estimate of drug-likeness (QED) is 0.900. The molecule has 2 unspecified atom stereocenters. The summed E-state index contributed by atoms with van der Waals surface area (Å²) < 4.78 is 0. The molecule has 0 aromatic heterocycles. The Bertz CT molecular complexity index is 505. The van der Waals surface area contributed by atoms with E-state index < -0.39 is 11.5 Å². The standard InChI is InChI=1S/C15H19ClN2O2/c16-11-4-6-12(7-5-11)17-15(14(19)20)8-10-18-9-2-1-3-13(15)18/h4-7,13,17H,1-3,8-10H2,(H,19,20). The maximum absolute atomic E-state index is 11.9. The minimum absolute atomic E-state index is 0.0874. The lowest BCUT2D eigenvalue weighted by Gasteiger charge is -2.39. The Hall–Kier alpha value is -1.26. The first kappa shape index (κ1) is 13.7. The molecule has 0 saturated carbocycles. The number of nitrogens with zero attached hydrogens (tertiary/aromatic N) is 1. The van der Waals surface area contributed by atoms with Gasteiger partial charge in [0.05, 0.1) is 0 Å². The van der Waals surface area contributed by atoms with Crippen LogP contribution in [0.1, 0.15) is 25.7 Å². The summed E-state index contributed by atoms with van der Waals surface area (Å²) in [6.45, 7) is 1.87. The number of carbonyl (C=O) groups is 1. The van der Waals surface area contributed by atoms with Crippen molar-refractivity contribution in [3.8, 4) is 0 Å². The van der Waals surface area contributed by atoms with Crippen LogP contribution in [0.5, 0.6) is 0 Å². The second-order valence-corrected chi connectivity index (χ2v) is 6.14. The number of aliphatic carboxylic acids is 1. The fourth-order valence-electron chi connectivity index (χ4n) is 3.54. The molecule has 1 aromatic rings. The summed E-state index contributed by atoms with van der Waals surface area (Å²) in [5.41, 5.74) is -0.0435. The average molecular weight is 295 g/mol. The third-order valence-corrected chi connectivity index (χ3v) is 4.82. The SMILES string of the molecule is O=C(O)C1(Nc2ccc(Cl)cc2)CCN2CCCCC21. The lowest BCUT2D eigenvalue weighted by molar-refractivity contribution is -0.143. The highest BCUT2D eigenvalue weighted by Crippen LogP contribution is 2.38. The number of carboxylic acid groups (broad SMARTS) is 1. The van der Waals surface area contributed by atoms with Gasteiger partial charge in [0.15, 0.2) is 5.54 Å². The molecule has 1 aromatic carbocycles. The van der Waals surface area contributed by atoms with Gasteiger partial charge in [-0.1, -0.05) is 18.0 Å². The van der Waals surface area contributed by atoms with Gasteiger partial charge in [0.2, 0.25) is 0 Å². The van der Waals surface area contributed by atoms with Crippen molar-refractivity contribution in [1.29, 1.82) is 0 Å². The fourth-order valence-corrected chi connectivity index (χ4v) is 3.67. The van der Waals surface area contributed by atoms with Crippen molar-refractivity contribution in [3.05, 3.63) is 29.3 Å². The monoisotopic (exact) mass is 294 g/mol. The number of halogens is 1. The molecule has 2 saturated heterocycles. The fraction of sp³-hybridized carbons (Fsp3) is 0.533. The molecule has 0 amide bonds. The second-order valence-electron chi connectivity index (χ2n) is 5.71. The lowest BCUT2D eigenvalue weighted by atomic mass is 9.85. The Labute approximate surface area is 123 Å². The highest BCUT2D eigenvalue weighted by atomic mass is 35.5. The topological polar surface area (TPSA) is 52.6 Å². The molecule has 4 nitrogen and oxygen atoms in total. The van der Waals surface area contributed by atoms with E-state index in [-0.39, 0.29) is 6.04 Å². The van der Waals surface area contributed by atoms with Gasteiger partial charge >= 0.3 is 5.97 Å². The molecule has 0 spiro atoms. The first-order valence-corrected chi connectivity index (χ1v) is 7.51. The second kappa shape index (κ2) is 5.26. The van der Waals surface area contributed by atoms with E-state index in [4.69, 9.17) is 11.6 Å². The Morgan fingerprint density at radius 2 is 2.05 bits per heavy atom. The number of hydrogen-bond donors (Lipinski definition) is 2. The summed E-state index contributed by atoms with van der Waals surface area (Å²) in [5.74, 6) is -0.748. The van der Waals surface area contributed by atoms with Crippen molar-refractivity contribution >= 4 is 23.3 Å². The summed E-state index contributed by atoms with van der Waals surface area (Å²) >= 11 is 5.88. The molecular formula is C15H19ClN2O2. The van der Waals surface area contributed by atoms with Crippen LogP contribution >= 0.6 is 11.6 Å². The molecule has 0 aliphatic carbocycles. The zero-order valence-corrected chi connectivity index (χ0v) is 12.1. The number of hydrogen-bond acceptors (Lipinski definition) is 3. The van der Waals surface area contributed by atoms with Crippen molar-refractivity contribution in [1.82, 2.24) is 4.90 Å². The summed E-state index contributed by atoms with van der Waals surface area (Å²) in [7, 11) is 0. The van der Waals surface area contributed by atoms with Crippen LogP contribution in [0.3, 0.4) is 0 Å². The highest BCUT2D eigenvalue weighted by molar-refractivity contribution is 6.30. The predicted molar refractivity (Wildman–Crippen MR) is 79.3 cm³/mol. The van der Waals surface area contributed by atoms with Gasteiger partial charge in [0.25, 0.3) is 0 Å². The molecule has 108 valence electrons. The Balaban J connectivity index is 1.88. The molecular weight excluding hydrogens is 276 g/mol. The van der Waals surface area contributed by atoms with Crippen LogP contribution in [-0.2, 0) is 4.79 Å². The van der Waals surface area contributed by atoms with Crippen LogP contribution in [0.4, 0.5) is 5.69 Å². The molecule has 2 fully saturated rings. The third-order valence-electron chi connectivity index (χ3n) is 4.57.